The third kappa shape index (κ3) is 3.24. The topological polar surface area (TPSA) is 51.7 Å². The lowest BCUT2D eigenvalue weighted by Crippen LogP contribution is -2.54. The van der Waals surface area contributed by atoms with Crippen molar-refractivity contribution in [1.29, 1.82) is 0 Å². The van der Waals surface area contributed by atoms with E-state index in [2.05, 4.69) is 4.98 Å². The molecule has 0 radical (unpaired) electrons. The van der Waals surface area contributed by atoms with Gasteiger partial charge in [0.1, 0.15) is 0 Å². The summed E-state index contributed by atoms with van der Waals surface area (Å²) in [6, 6.07) is 15.1. The second-order valence-electron chi connectivity index (χ2n) is 6.81. The minimum Gasteiger partial charge on any atom is -0.477 e. The van der Waals surface area contributed by atoms with Crippen LogP contribution < -0.4 is 4.74 Å². The highest BCUT2D eigenvalue weighted by Gasteiger charge is 2.49. The molecule has 1 aromatic heterocycles. The molecule has 1 aromatic carbocycles. The third-order valence-corrected chi connectivity index (χ3v) is 5.22. The van der Waals surface area contributed by atoms with E-state index in [4.69, 9.17) is 9.47 Å². The van der Waals surface area contributed by atoms with Crippen LogP contribution in [-0.2, 0) is 4.74 Å². The van der Waals surface area contributed by atoms with E-state index >= 15 is 0 Å². The molecular formula is C20H22N2O3. The highest BCUT2D eigenvalue weighted by molar-refractivity contribution is 5.94. The van der Waals surface area contributed by atoms with Gasteiger partial charge in [0, 0.05) is 37.5 Å². The van der Waals surface area contributed by atoms with Crippen molar-refractivity contribution in [3.05, 3.63) is 60.3 Å². The average Bonchev–Trinajstić information content (AvgIpc) is 3.11. The van der Waals surface area contributed by atoms with Crippen molar-refractivity contribution in [2.24, 2.45) is 5.41 Å². The van der Waals surface area contributed by atoms with Crippen molar-refractivity contribution in [3.63, 3.8) is 0 Å². The standard InChI is InChI=1S/C20H22N2O3/c23-19(16-6-2-1-3-7-16)22-12-9-17-20(14-22,10-13-24-17)15-25-18-8-4-5-11-21-18/h1-8,11,17H,9-10,12-15H2/t17-,20+/m1/s1. The molecular weight excluding hydrogens is 316 g/mol. The van der Waals surface area contributed by atoms with Gasteiger partial charge in [-0.2, -0.15) is 0 Å². The van der Waals surface area contributed by atoms with Crippen LogP contribution in [0.1, 0.15) is 23.2 Å². The highest BCUT2D eigenvalue weighted by Crippen LogP contribution is 2.41. The summed E-state index contributed by atoms with van der Waals surface area (Å²) >= 11 is 0. The first-order valence-corrected chi connectivity index (χ1v) is 8.77. The molecule has 2 saturated heterocycles. The van der Waals surface area contributed by atoms with Crippen LogP contribution in [-0.4, -0.2) is 48.2 Å². The molecule has 3 heterocycles. The predicted octanol–water partition coefficient (Wildman–Crippen LogP) is 2.78. The summed E-state index contributed by atoms with van der Waals surface area (Å²) in [6.07, 6.45) is 3.63. The fraction of sp³-hybridized carbons (Fsp3) is 0.400. The Balaban J connectivity index is 1.50. The van der Waals surface area contributed by atoms with E-state index in [1.807, 2.05) is 53.4 Å². The van der Waals surface area contributed by atoms with Crippen molar-refractivity contribution >= 4 is 5.91 Å². The Hall–Kier alpha value is -2.40. The summed E-state index contributed by atoms with van der Waals surface area (Å²) in [5.41, 5.74) is 0.584. The van der Waals surface area contributed by atoms with Gasteiger partial charge in [0.15, 0.2) is 0 Å². The number of amides is 1. The molecule has 0 N–H and O–H groups in total. The molecule has 0 bridgehead atoms. The number of carbonyl (C=O) groups is 1. The number of carbonyl (C=O) groups excluding carboxylic acids is 1. The highest BCUT2D eigenvalue weighted by atomic mass is 16.5. The molecule has 0 spiro atoms. The number of nitrogens with zero attached hydrogens (tertiary/aromatic N) is 2. The van der Waals surface area contributed by atoms with Crippen LogP contribution >= 0.6 is 0 Å². The zero-order chi connectivity index (χ0) is 17.1. The largest absolute Gasteiger partial charge is 0.477 e. The first-order chi connectivity index (χ1) is 12.3. The number of fused-ring (bicyclic) bond motifs is 1. The number of piperidine rings is 1. The van der Waals surface area contributed by atoms with Crippen molar-refractivity contribution in [2.75, 3.05) is 26.3 Å². The molecule has 130 valence electrons. The molecule has 25 heavy (non-hydrogen) atoms. The molecule has 2 aliphatic rings. The SMILES string of the molecule is O=C(c1ccccc1)N1CC[C@H]2OCC[C@@]2(COc2ccccn2)C1. The summed E-state index contributed by atoms with van der Waals surface area (Å²) in [4.78, 5) is 19.0. The zero-order valence-corrected chi connectivity index (χ0v) is 14.1. The fourth-order valence-corrected chi connectivity index (χ4v) is 3.84. The quantitative estimate of drug-likeness (QED) is 0.860. The van der Waals surface area contributed by atoms with Gasteiger partial charge >= 0.3 is 0 Å². The van der Waals surface area contributed by atoms with Crippen LogP contribution in [0.2, 0.25) is 0 Å². The van der Waals surface area contributed by atoms with Crippen LogP contribution in [0.25, 0.3) is 0 Å². The Morgan fingerprint density at radius 3 is 2.88 bits per heavy atom. The van der Waals surface area contributed by atoms with Crippen molar-refractivity contribution in [2.45, 2.75) is 18.9 Å². The molecule has 0 unspecified atom stereocenters. The van der Waals surface area contributed by atoms with Crippen LogP contribution in [0.15, 0.2) is 54.7 Å². The molecule has 2 aliphatic heterocycles. The van der Waals surface area contributed by atoms with E-state index in [9.17, 15) is 4.79 Å². The minimum atomic E-state index is -0.153. The maximum absolute atomic E-state index is 12.8. The number of hydrogen-bond donors (Lipinski definition) is 0. The van der Waals surface area contributed by atoms with E-state index in [0.717, 1.165) is 31.6 Å². The molecule has 1 amide bonds. The zero-order valence-electron chi connectivity index (χ0n) is 14.1. The van der Waals surface area contributed by atoms with E-state index < -0.39 is 0 Å². The summed E-state index contributed by atoms with van der Waals surface area (Å²) in [6.45, 7) is 2.64. The number of ether oxygens (including phenoxy) is 2. The number of likely N-dealkylation sites (tertiary alicyclic amines) is 1. The number of pyridine rings is 1. The smallest absolute Gasteiger partial charge is 0.253 e. The van der Waals surface area contributed by atoms with Gasteiger partial charge in [-0.25, -0.2) is 4.98 Å². The Morgan fingerprint density at radius 1 is 1.24 bits per heavy atom. The van der Waals surface area contributed by atoms with Gasteiger partial charge < -0.3 is 14.4 Å². The van der Waals surface area contributed by atoms with Crippen molar-refractivity contribution in [3.8, 4) is 5.88 Å². The van der Waals surface area contributed by atoms with Crippen LogP contribution in [0.3, 0.4) is 0 Å². The lowest BCUT2D eigenvalue weighted by Gasteiger charge is -2.43. The first-order valence-electron chi connectivity index (χ1n) is 8.77. The van der Waals surface area contributed by atoms with Gasteiger partial charge in [0.25, 0.3) is 5.91 Å². The van der Waals surface area contributed by atoms with Gasteiger partial charge in [-0.05, 0) is 31.0 Å². The van der Waals surface area contributed by atoms with E-state index in [1.165, 1.54) is 0 Å². The predicted molar refractivity (Wildman–Crippen MR) is 93.5 cm³/mol. The lowest BCUT2D eigenvalue weighted by atomic mass is 9.77. The van der Waals surface area contributed by atoms with E-state index in [0.29, 0.717) is 19.0 Å². The van der Waals surface area contributed by atoms with Crippen LogP contribution in [0, 0.1) is 5.41 Å². The molecule has 2 aromatic rings. The molecule has 5 heteroatoms. The molecule has 2 fully saturated rings. The van der Waals surface area contributed by atoms with Crippen LogP contribution in [0.5, 0.6) is 5.88 Å². The summed E-state index contributed by atoms with van der Waals surface area (Å²) < 4.78 is 11.9. The van der Waals surface area contributed by atoms with Gasteiger partial charge in [-0.3, -0.25) is 4.79 Å². The summed E-state index contributed by atoms with van der Waals surface area (Å²) in [5, 5.41) is 0. The normalized spacial score (nSPS) is 25.4. The molecule has 0 aliphatic carbocycles. The Morgan fingerprint density at radius 2 is 2.08 bits per heavy atom. The number of hydrogen-bond acceptors (Lipinski definition) is 4. The average molecular weight is 338 g/mol. The van der Waals surface area contributed by atoms with Gasteiger partial charge in [0.2, 0.25) is 5.88 Å². The molecule has 0 saturated carbocycles. The van der Waals surface area contributed by atoms with Crippen molar-refractivity contribution < 1.29 is 14.3 Å². The maximum atomic E-state index is 12.8. The van der Waals surface area contributed by atoms with Crippen molar-refractivity contribution in [1.82, 2.24) is 9.88 Å². The monoisotopic (exact) mass is 338 g/mol. The van der Waals surface area contributed by atoms with Crippen LogP contribution in [0.4, 0.5) is 0 Å². The Bertz CT molecular complexity index is 722. The fourth-order valence-electron chi connectivity index (χ4n) is 3.84. The summed E-state index contributed by atoms with van der Waals surface area (Å²) in [7, 11) is 0. The maximum Gasteiger partial charge on any atom is 0.253 e. The number of aromatic nitrogens is 1. The summed E-state index contributed by atoms with van der Waals surface area (Å²) in [5.74, 6) is 0.706. The third-order valence-electron chi connectivity index (χ3n) is 5.22. The Labute approximate surface area is 147 Å². The van der Waals surface area contributed by atoms with Gasteiger partial charge in [-0.15, -0.1) is 0 Å². The molecule has 4 rings (SSSR count). The molecule has 5 nitrogen and oxygen atoms in total. The minimum absolute atomic E-state index is 0.0863. The molecule has 2 atom stereocenters. The van der Waals surface area contributed by atoms with Gasteiger partial charge in [0.05, 0.1) is 18.1 Å². The Kier molecular flexibility index (Phi) is 4.40. The van der Waals surface area contributed by atoms with Gasteiger partial charge in [-0.1, -0.05) is 24.3 Å². The number of rotatable bonds is 4. The number of benzene rings is 1. The second kappa shape index (κ2) is 6.84. The second-order valence-corrected chi connectivity index (χ2v) is 6.81. The van der Waals surface area contributed by atoms with E-state index in [-0.39, 0.29) is 17.4 Å². The van der Waals surface area contributed by atoms with E-state index in [1.54, 1.807) is 6.20 Å². The first kappa shape index (κ1) is 16.1. The lowest BCUT2D eigenvalue weighted by molar-refractivity contribution is -0.0332.